The maximum Gasteiger partial charge on any atom is 0.255 e. The Labute approximate surface area is 145 Å². The number of amides is 1. The Bertz CT molecular complexity index is 669. The molecule has 1 aliphatic rings. The Kier molecular flexibility index (Phi) is 5.33. The normalized spacial score (nSPS) is 18.2. The third kappa shape index (κ3) is 3.93. The van der Waals surface area contributed by atoms with E-state index in [0.29, 0.717) is 11.5 Å². The molecule has 1 unspecified atom stereocenters. The van der Waals surface area contributed by atoms with Crippen LogP contribution >= 0.6 is 23.1 Å². The average molecular weight is 348 g/mol. The summed E-state index contributed by atoms with van der Waals surface area (Å²) >= 11 is 3.44. The Hall–Kier alpha value is -1.40. The van der Waals surface area contributed by atoms with Crippen LogP contribution in [0.25, 0.3) is 0 Å². The van der Waals surface area contributed by atoms with E-state index in [2.05, 4.69) is 23.8 Å². The van der Waals surface area contributed by atoms with Crippen molar-refractivity contribution >= 4 is 29.0 Å². The van der Waals surface area contributed by atoms with Gasteiger partial charge in [-0.05, 0) is 37.7 Å². The predicted octanol–water partition coefficient (Wildman–Crippen LogP) is 3.98. The van der Waals surface area contributed by atoms with Crippen LogP contribution < -0.4 is 0 Å². The molecule has 2 aromatic heterocycles. The van der Waals surface area contributed by atoms with Crippen LogP contribution in [0.2, 0.25) is 0 Å². The molecule has 3 rings (SSSR count). The van der Waals surface area contributed by atoms with Crippen LogP contribution in [0.3, 0.4) is 0 Å². The molecule has 1 atom stereocenters. The van der Waals surface area contributed by atoms with Crippen molar-refractivity contribution in [2.24, 2.45) is 0 Å². The van der Waals surface area contributed by atoms with Crippen molar-refractivity contribution in [1.82, 2.24) is 14.9 Å². The Morgan fingerprint density at radius 2 is 2.26 bits per heavy atom. The number of hydrogen-bond acceptors (Lipinski definition) is 5. The lowest BCUT2D eigenvalue weighted by molar-refractivity contribution is 0.0706. The maximum atomic E-state index is 12.7. The second kappa shape index (κ2) is 7.45. The summed E-state index contributed by atoms with van der Waals surface area (Å²) in [4.78, 5) is 24.8. The summed E-state index contributed by atoms with van der Waals surface area (Å²) in [7, 11) is 0. The van der Waals surface area contributed by atoms with Crippen molar-refractivity contribution in [3.8, 4) is 0 Å². The first-order valence-electron chi connectivity index (χ1n) is 7.98. The Morgan fingerprint density at radius 1 is 1.39 bits per heavy atom. The number of piperidine rings is 1. The second-order valence-corrected chi connectivity index (χ2v) is 8.27. The predicted molar refractivity (Wildman–Crippen MR) is 95.4 cm³/mol. The van der Waals surface area contributed by atoms with Crippen molar-refractivity contribution in [2.75, 3.05) is 18.8 Å². The number of nitrogens with zero attached hydrogens (tertiary/aromatic N) is 3. The van der Waals surface area contributed by atoms with Gasteiger partial charge in [-0.25, -0.2) is 9.97 Å². The van der Waals surface area contributed by atoms with E-state index in [1.54, 1.807) is 29.3 Å². The van der Waals surface area contributed by atoms with Crippen LogP contribution in [0, 0.1) is 6.92 Å². The molecule has 0 N–H and O–H groups in total. The highest BCUT2D eigenvalue weighted by Crippen LogP contribution is 2.30. The first-order valence-corrected chi connectivity index (χ1v) is 9.78. The molecule has 0 bridgehead atoms. The smallest absolute Gasteiger partial charge is 0.255 e. The lowest BCUT2D eigenvalue weighted by atomic mass is 9.98. The molecule has 1 saturated heterocycles. The molecule has 2 aromatic rings. The summed E-state index contributed by atoms with van der Waals surface area (Å²) in [6.07, 6.45) is 5.78. The fourth-order valence-corrected chi connectivity index (χ4v) is 4.33. The monoisotopic (exact) mass is 347 g/mol. The van der Waals surface area contributed by atoms with Gasteiger partial charge in [0.15, 0.2) is 0 Å². The van der Waals surface area contributed by atoms with Gasteiger partial charge in [0.05, 0.1) is 15.6 Å². The minimum atomic E-state index is 0.0866. The Balaban J connectivity index is 1.69. The fourth-order valence-electron chi connectivity index (χ4n) is 2.85. The molecule has 23 heavy (non-hydrogen) atoms. The molecular formula is C17H21N3OS2. The van der Waals surface area contributed by atoms with Gasteiger partial charge in [-0.1, -0.05) is 6.92 Å². The van der Waals surface area contributed by atoms with Gasteiger partial charge in [-0.3, -0.25) is 4.79 Å². The summed E-state index contributed by atoms with van der Waals surface area (Å²) in [5.74, 6) is 1.44. The number of aryl methyl sites for hydroxylation is 1. The van der Waals surface area contributed by atoms with E-state index < -0.39 is 0 Å². The third-order valence-electron chi connectivity index (χ3n) is 3.97. The molecule has 0 aromatic carbocycles. The van der Waals surface area contributed by atoms with Gasteiger partial charge in [0.2, 0.25) is 0 Å². The minimum absolute atomic E-state index is 0.0866. The first-order chi connectivity index (χ1) is 11.2. The Morgan fingerprint density at radius 3 is 2.91 bits per heavy atom. The standard InChI is InChI=1S/C17H21N3OS2/c1-3-22-15-7-6-13(10-18-15)17(21)20-8-4-5-14(11-20)16-19-9-12(2)23-16/h6-7,9-10,14H,3-5,8,11H2,1-2H3. The van der Waals surface area contributed by atoms with Crippen molar-refractivity contribution < 1.29 is 4.79 Å². The van der Waals surface area contributed by atoms with E-state index in [-0.39, 0.29) is 5.91 Å². The van der Waals surface area contributed by atoms with Crippen molar-refractivity contribution in [3.63, 3.8) is 0 Å². The number of rotatable bonds is 4. The molecule has 1 fully saturated rings. The number of thioether (sulfide) groups is 1. The van der Waals surface area contributed by atoms with Crippen LogP contribution in [-0.4, -0.2) is 39.6 Å². The number of thiazole rings is 1. The lowest BCUT2D eigenvalue weighted by Gasteiger charge is -2.31. The zero-order chi connectivity index (χ0) is 16.2. The van der Waals surface area contributed by atoms with E-state index in [1.807, 2.05) is 23.2 Å². The molecule has 0 saturated carbocycles. The number of carbonyl (C=O) groups excluding carboxylic acids is 1. The van der Waals surface area contributed by atoms with Crippen molar-refractivity contribution in [3.05, 3.63) is 40.0 Å². The molecule has 6 heteroatoms. The molecule has 1 amide bonds. The molecule has 0 spiro atoms. The van der Waals surface area contributed by atoms with E-state index in [0.717, 1.165) is 41.7 Å². The van der Waals surface area contributed by atoms with E-state index in [1.165, 1.54) is 4.88 Å². The first kappa shape index (κ1) is 16.5. The molecule has 0 aliphatic carbocycles. The van der Waals surface area contributed by atoms with Gasteiger partial charge in [-0.15, -0.1) is 23.1 Å². The fraction of sp³-hybridized carbons (Fsp3) is 0.471. The van der Waals surface area contributed by atoms with E-state index >= 15 is 0 Å². The second-order valence-electron chi connectivity index (χ2n) is 5.72. The zero-order valence-corrected chi connectivity index (χ0v) is 15.1. The summed E-state index contributed by atoms with van der Waals surface area (Å²) in [6.45, 7) is 5.76. The van der Waals surface area contributed by atoms with Crippen molar-refractivity contribution in [2.45, 2.75) is 37.6 Å². The van der Waals surface area contributed by atoms with Gasteiger partial charge >= 0.3 is 0 Å². The quantitative estimate of drug-likeness (QED) is 0.785. The summed E-state index contributed by atoms with van der Waals surface area (Å²) in [6, 6.07) is 3.83. The largest absolute Gasteiger partial charge is 0.338 e. The number of hydrogen-bond donors (Lipinski definition) is 0. The van der Waals surface area contributed by atoms with Crippen LogP contribution in [0.15, 0.2) is 29.6 Å². The van der Waals surface area contributed by atoms with Crippen LogP contribution in [0.5, 0.6) is 0 Å². The summed E-state index contributed by atoms with van der Waals surface area (Å²) in [5, 5.41) is 2.13. The zero-order valence-electron chi connectivity index (χ0n) is 13.5. The highest BCUT2D eigenvalue weighted by Gasteiger charge is 2.27. The number of aromatic nitrogens is 2. The summed E-state index contributed by atoms with van der Waals surface area (Å²) in [5.41, 5.74) is 0.682. The van der Waals surface area contributed by atoms with Gasteiger partial charge < -0.3 is 4.90 Å². The highest BCUT2D eigenvalue weighted by molar-refractivity contribution is 7.99. The number of pyridine rings is 1. The van der Waals surface area contributed by atoms with Gasteiger partial charge in [0, 0.05) is 36.3 Å². The summed E-state index contributed by atoms with van der Waals surface area (Å²) < 4.78 is 0. The molecular weight excluding hydrogens is 326 g/mol. The lowest BCUT2D eigenvalue weighted by Crippen LogP contribution is -2.39. The number of likely N-dealkylation sites (tertiary alicyclic amines) is 1. The molecule has 3 heterocycles. The van der Waals surface area contributed by atoms with Gasteiger partial charge in [0.1, 0.15) is 0 Å². The van der Waals surface area contributed by atoms with E-state index in [9.17, 15) is 4.79 Å². The number of carbonyl (C=O) groups is 1. The van der Waals surface area contributed by atoms with Gasteiger partial charge in [0.25, 0.3) is 5.91 Å². The SMILES string of the molecule is CCSc1ccc(C(=O)N2CCCC(c3ncc(C)s3)C2)cn1. The van der Waals surface area contributed by atoms with E-state index in [4.69, 9.17) is 0 Å². The molecule has 122 valence electrons. The van der Waals surface area contributed by atoms with Crippen LogP contribution in [0.1, 0.15) is 45.9 Å². The topological polar surface area (TPSA) is 46.1 Å². The van der Waals surface area contributed by atoms with Crippen LogP contribution in [0.4, 0.5) is 0 Å². The van der Waals surface area contributed by atoms with Crippen molar-refractivity contribution in [1.29, 1.82) is 0 Å². The highest BCUT2D eigenvalue weighted by atomic mass is 32.2. The maximum absolute atomic E-state index is 12.7. The van der Waals surface area contributed by atoms with Crippen LogP contribution in [-0.2, 0) is 0 Å². The third-order valence-corrected chi connectivity index (χ3v) is 5.87. The molecule has 0 radical (unpaired) electrons. The minimum Gasteiger partial charge on any atom is -0.338 e. The van der Waals surface area contributed by atoms with Gasteiger partial charge in [-0.2, -0.15) is 0 Å². The average Bonchev–Trinajstić information content (AvgIpc) is 3.02. The molecule has 4 nitrogen and oxygen atoms in total. The molecule has 1 aliphatic heterocycles.